The summed E-state index contributed by atoms with van der Waals surface area (Å²) < 4.78 is 31.6. The number of hydrogen-bond acceptors (Lipinski definition) is 5. The summed E-state index contributed by atoms with van der Waals surface area (Å²) in [5.74, 6) is -1.36. The van der Waals surface area contributed by atoms with Crippen LogP contribution < -0.4 is 5.32 Å². The summed E-state index contributed by atoms with van der Waals surface area (Å²) in [5.41, 5.74) is 0.917. The molecule has 8 heteroatoms. The van der Waals surface area contributed by atoms with Gasteiger partial charge in [-0.1, -0.05) is 30.0 Å². The number of nitrogens with zero attached hydrogens (tertiary/aromatic N) is 2. The largest absolute Gasteiger partial charge is 0.461 e. The highest BCUT2D eigenvalue weighted by molar-refractivity contribution is 8.00. The van der Waals surface area contributed by atoms with Gasteiger partial charge in [0.2, 0.25) is 5.91 Å². The number of rotatable bonds is 5. The molecule has 0 unspecified atom stereocenters. The van der Waals surface area contributed by atoms with E-state index in [0.717, 1.165) is 23.0 Å². The number of furan rings is 1. The van der Waals surface area contributed by atoms with Crippen molar-refractivity contribution in [3.8, 4) is 11.6 Å². The predicted octanol–water partition coefficient (Wildman–Crippen LogP) is 4.90. The lowest BCUT2D eigenvalue weighted by Gasteiger charge is -2.08. The van der Waals surface area contributed by atoms with E-state index in [9.17, 15) is 13.6 Å². The van der Waals surface area contributed by atoms with Gasteiger partial charge in [0, 0.05) is 17.1 Å². The van der Waals surface area contributed by atoms with Gasteiger partial charge in [-0.2, -0.15) is 0 Å². The minimum absolute atomic E-state index is 0.0393. The van der Waals surface area contributed by atoms with Crippen LogP contribution in [0.15, 0.2) is 70.3 Å². The number of anilines is 1. The van der Waals surface area contributed by atoms with Crippen molar-refractivity contribution >= 4 is 34.3 Å². The molecular formula is C20H13F2N3O2S. The van der Waals surface area contributed by atoms with Gasteiger partial charge in [-0.15, -0.1) is 0 Å². The molecule has 0 atom stereocenters. The molecule has 0 aliphatic heterocycles. The van der Waals surface area contributed by atoms with Gasteiger partial charge < -0.3 is 9.73 Å². The number of hydrogen-bond donors (Lipinski definition) is 1. The number of amides is 1. The maximum Gasteiger partial charge on any atom is 0.234 e. The van der Waals surface area contributed by atoms with Crippen molar-refractivity contribution in [3.05, 3.63) is 72.5 Å². The van der Waals surface area contributed by atoms with E-state index < -0.39 is 11.6 Å². The van der Waals surface area contributed by atoms with E-state index in [1.54, 1.807) is 12.1 Å². The predicted molar refractivity (Wildman–Crippen MR) is 103 cm³/mol. The van der Waals surface area contributed by atoms with Gasteiger partial charge in [0.1, 0.15) is 5.03 Å². The van der Waals surface area contributed by atoms with Gasteiger partial charge in [-0.05, 0) is 30.3 Å². The fraction of sp³-hybridized carbons (Fsp3) is 0.0500. The van der Waals surface area contributed by atoms with Crippen LogP contribution in [-0.4, -0.2) is 21.6 Å². The highest BCUT2D eigenvalue weighted by Crippen LogP contribution is 2.28. The van der Waals surface area contributed by atoms with Crippen molar-refractivity contribution in [1.82, 2.24) is 9.97 Å². The van der Waals surface area contributed by atoms with E-state index in [2.05, 4.69) is 15.3 Å². The summed E-state index contributed by atoms with van der Waals surface area (Å²) in [6.07, 6.45) is 1.54. The van der Waals surface area contributed by atoms with Crippen LogP contribution in [0.2, 0.25) is 0 Å². The van der Waals surface area contributed by atoms with E-state index in [1.165, 1.54) is 24.1 Å². The van der Waals surface area contributed by atoms with Gasteiger partial charge in [-0.25, -0.2) is 18.7 Å². The van der Waals surface area contributed by atoms with Crippen LogP contribution in [0.1, 0.15) is 0 Å². The highest BCUT2D eigenvalue weighted by Gasteiger charge is 2.13. The number of thioether (sulfide) groups is 1. The Hall–Kier alpha value is -3.26. The highest BCUT2D eigenvalue weighted by atomic mass is 32.2. The third-order valence-corrected chi connectivity index (χ3v) is 4.84. The molecule has 1 N–H and O–H groups in total. The Kier molecular flexibility index (Phi) is 5.03. The Morgan fingerprint density at radius 2 is 1.89 bits per heavy atom. The zero-order chi connectivity index (χ0) is 19.5. The zero-order valence-corrected chi connectivity index (χ0v) is 15.2. The number of carbonyl (C=O) groups is 1. The fourth-order valence-electron chi connectivity index (χ4n) is 2.58. The van der Waals surface area contributed by atoms with E-state index in [4.69, 9.17) is 4.42 Å². The molecule has 5 nitrogen and oxygen atoms in total. The van der Waals surface area contributed by atoms with E-state index >= 15 is 0 Å². The summed E-state index contributed by atoms with van der Waals surface area (Å²) in [7, 11) is 0. The minimum Gasteiger partial charge on any atom is -0.461 e. The molecule has 1 amide bonds. The first-order valence-corrected chi connectivity index (χ1v) is 9.27. The second-order valence-electron chi connectivity index (χ2n) is 5.81. The smallest absolute Gasteiger partial charge is 0.234 e. The molecule has 0 aliphatic carbocycles. The lowest BCUT2D eigenvalue weighted by Crippen LogP contribution is -2.14. The molecule has 0 radical (unpaired) electrons. The van der Waals surface area contributed by atoms with Crippen molar-refractivity contribution in [2.45, 2.75) is 5.03 Å². The third-order valence-electron chi connectivity index (χ3n) is 3.85. The van der Waals surface area contributed by atoms with Crippen LogP contribution >= 0.6 is 11.8 Å². The quantitative estimate of drug-likeness (QED) is 0.383. The molecule has 2 aromatic heterocycles. The molecule has 0 bridgehead atoms. The second-order valence-corrected chi connectivity index (χ2v) is 6.78. The van der Waals surface area contributed by atoms with E-state index in [1.807, 2.05) is 24.3 Å². The number of para-hydroxylation sites is 1. The van der Waals surface area contributed by atoms with E-state index in [0.29, 0.717) is 16.6 Å². The number of nitrogens with one attached hydrogen (secondary N) is 1. The number of benzene rings is 2. The Balaban J connectivity index is 1.55. The maximum atomic E-state index is 13.3. The number of fused-ring (bicyclic) bond motifs is 1. The molecule has 0 saturated heterocycles. The van der Waals surface area contributed by atoms with Crippen LogP contribution in [0, 0.1) is 11.6 Å². The Morgan fingerprint density at radius 1 is 1.04 bits per heavy atom. The maximum absolute atomic E-state index is 13.3. The van der Waals surface area contributed by atoms with Crippen LogP contribution in [-0.2, 0) is 4.79 Å². The Bertz CT molecular complexity index is 1150. The Morgan fingerprint density at radius 3 is 2.68 bits per heavy atom. The number of halogens is 2. The lowest BCUT2D eigenvalue weighted by atomic mass is 10.2. The fourth-order valence-corrected chi connectivity index (χ4v) is 3.40. The standard InChI is InChI=1S/C20H13F2N3O2S/c21-14-8-7-12(10-15(14)22)23-18(26)11-28-20-13-4-1-2-5-16(13)24-19(25-20)17-6-3-9-27-17/h1-10H,11H2,(H,23,26). The molecule has 0 aliphatic rings. The molecule has 0 saturated carbocycles. The lowest BCUT2D eigenvalue weighted by molar-refractivity contribution is -0.113. The molecule has 2 aromatic carbocycles. The van der Waals surface area contributed by atoms with Gasteiger partial charge >= 0.3 is 0 Å². The summed E-state index contributed by atoms with van der Waals surface area (Å²) in [5, 5.41) is 3.97. The SMILES string of the molecule is O=C(CSc1nc(-c2ccco2)nc2ccccc12)Nc1ccc(F)c(F)c1. The summed E-state index contributed by atoms with van der Waals surface area (Å²) in [6.45, 7) is 0. The van der Waals surface area contributed by atoms with Crippen LogP contribution in [0.25, 0.3) is 22.5 Å². The van der Waals surface area contributed by atoms with Crippen molar-refractivity contribution in [3.63, 3.8) is 0 Å². The Labute approximate surface area is 162 Å². The van der Waals surface area contributed by atoms with Gasteiger partial charge in [-0.3, -0.25) is 4.79 Å². The molecule has 2 heterocycles. The number of carbonyl (C=O) groups excluding carboxylic acids is 1. The number of aromatic nitrogens is 2. The monoisotopic (exact) mass is 397 g/mol. The summed E-state index contributed by atoms with van der Waals surface area (Å²) >= 11 is 1.22. The molecule has 28 heavy (non-hydrogen) atoms. The third kappa shape index (κ3) is 3.86. The van der Waals surface area contributed by atoms with Crippen LogP contribution in [0.5, 0.6) is 0 Å². The molecule has 0 spiro atoms. The molecule has 140 valence electrons. The average molecular weight is 397 g/mol. The second kappa shape index (κ2) is 7.77. The van der Waals surface area contributed by atoms with Crippen molar-refractivity contribution in [2.24, 2.45) is 0 Å². The van der Waals surface area contributed by atoms with Crippen LogP contribution in [0.4, 0.5) is 14.5 Å². The van der Waals surface area contributed by atoms with Gasteiger partial charge in [0.25, 0.3) is 0 Å². The van der Waals surface area contributed by atoms with Gasteiger partial charge in [0.05, 0.1) is 17.5 Å². The summed E-state index contributed by atoms with van der Waals surface area (Å²) in [6, 6.07) is 14.2. The topological polar surface area (TPSA) is 68.0 Å². The zero-order valence-electron chi connectivity index (χ0n) is 14.4. The normalized spacial score (nSPS) is 10.9. The van der Waals surface area contributed by atoms with Crippen LogP contribution in [0.3, 0.4) is 0 Å². The van der Waals surface area contributed by atoms with Gasteiger partial charge in [0.15, 0.2) is 23.2 Å². The molecule has 4 rings (SSSR count). The minimum atomic E-state index is -1.02. The van der Waals surface area contributed by atoms with Crippen molar-refractivity contribution in [1.29, 1.82) is 0 Å². The molecular weight excluding hydrogens is 384 g/mol. The first kappa shape index (κ1) is 18.1. The van der Waals surface area contributed by atoms with Crippen molar-refractivity contribution in [2.75, 3.05) is 11.1 Å². The first-order chi connectivity index (χ1) is 13.6. The molecule has 0 fully saturated rings. The summed E-state index contributed by atoms with van der Waals surface area (Å²) in [4.78, 5) is 21.2. The van der Waals surface area contributed by atoms with E-state index in [-0.39, 0.29) is 17.3 Å². The first-order valence-electron chi connectivity index (χ1n) is 8.28. The molecule has 4 aromatic rings. The average Bonchev–Trinajstić information content (AvgIpc) is 3.24. The van der Waals surface area contributed by atoms with Crippen molar-refractivity contribution < 1.29 is 18.0 Å².